The molecule has 2 amide bonds. The number of sulfonamides is 1. The Morgan fingerprint density at radius 2 is 1.69 bits per heavy atom. The van der Waals surface area contributed by atoms with Crippen LogP contribution in [0.1, 0.15) is 46.6 Å². The Bertz CT molecular complexity index is 2140. The fraction of sp³-hybridized carbons (Fsp3) is 0.364. The molecule has 0 saturated carbocycles. The van der Waals surface area contributed by atoms with Crippen LogP contribution in [-0.2, 0) is 15.6 Å². The molecule has 0 bridgehead atoms. The summed E-state index contributed by atoms with van der Waals surface area (Å²) in [6.07, 6.45) is -1.25. The normalized spacial score (nSPS) is 18.5. The van der Waals surface area contributed by atoms with Gasteiger partial charge in [0.25, 0.3) is 10.0 Å². The molecule has 2 aromatic heterocycles. The van der Waals surface area contributed by atoms with Crippen LogP contribution >= 0.6 is 11.3 Å². The molecular formula is C33H36F3N7O6S2. The van der Waals surface area contributed by atoms with Gasteiger partial charge in [-0.15, -0.1) is 11.3 Å². The number of nitrogens with zero attached hydrogens (tertiary/aromatic N) is 5. The molecule has 2 unspecified atom stereocenters. The molecule has 3 heterocycles. The zero-order valence-electron chi connectivity index (χ0n) is 28.4. The summed E-state index contributed by atoms with van der Waals surface area (Å²) in [5, 5.41) is 21.2. The van der Waals surface area contributed by atoms with Gasteiger partial charge in [0.2, 0.25) is 5.95 Å². The summed E-state index contributed by atoms with van der Waals surface area (Å²) in [6.45, 7) is 10.3. The number of carboxylic acid groups (broad SMARTS) is 2. The lowest BCUT2D eigenvalue weighted by Gasteiger charge is -2.62. The van der Waals surface area contributed by atoms with Crippen LogP contribution in [0.15, 0.2) is 53.6 Å². The summed E-state index contributed by atoms with van der Waals surface area (Å²) in [5.41, 5.74) is 1.46. The average molecular weight is 748 g/mol. The molecule has 0 aliphatic carbocycles. The van der Waals surface area contributed by atoms with E-state index in [1.54, 1.807) is 41.5 Å². The van der Waals surface area contributed by atoms with Crippen molar-refractivity contribution in [2.45, 2.75) is 58.0 Å². The second kappa shape index (κ2) is 13.0. The first-order chi connectivity index (χ1) is 23.6. The number of piperazine rings is 1. The van der Waals surface area contributed by atoms with E-state index in [0.29, 0.717) is 12.1 Å². The molecule has 18 heteroatoms. The molecule has 0 spiro atoms. The predicted molar refractivity (Wildman–Crippen MR) is 184 cm³/mol. The van der Waals surface area contributed by atoms with Crippen LogP contribution in [0.2, 0.25) is 0 Å². The number of nitrogens with two attached hydrogens (primary N) is 1. The van der Waals surface area contributed by atoms with Crippen molar-refractivity contribution in [3.05, 3.63) is 71.1 Å². The number of halogens is 3. The molecule has 51 heavy (non-hydrogen) atoms. The molecule has 5 N–H and O–H groups in total. The van der Waals surface area contributed by atoms with Crippen molar-refractivity contribution in [3.63, 3.8) is 0 Å². The number of nitrogen functional groups attached to an aromatic ring is 1. The van der Waals surface area contributed by atoms with Crippen LogP contribution in [0.3, 0.4) is 0 Å². The number of amides is 2. The number of thiazole rings is 1. The molecule has 4 aromatic rings. The van der Waals surface area contributed by atoms with Gasteiger partial charge >= 0.3 is 12.2 Å². The van der Waals surface area contributed by atoms with Crippen molar-refractivity contribution in [1.82, 2.24) is 24.8 Å². The maximum absolute atomic E-state index is 16.6. The smallest absolute Gasteiger partial charge is 0.408 e. The van der Waals surface area contributed by atoms with Crippen LogP contribution in [-0.4, -0.2) is 74.7 Å². The van der Waals surface area contributed by atoms with Crippen molar-refractivity contribution in [2.75, 3.05) is 23.5 Å². The highest BCUT2D eigenvalue weighted by molar-refractivity contribution is 7.92. The Morgan fingerprint density at radius 3 is 2.27 bits per heavy atom. The van der Waals surface area contributed by atoms with Gasteiger partial charge in [0.15, 0.2) is 5.82 Å². The SMILES string of the molecule is CC(C)(C)C1N(C(=O)O)CCN(C(=O)O)C1(c1nc(-c2cccc(NS(=O)(=O)c3cc(F)ccc3F)c2F)c(-c2ccnc(N)n2)s1)C(C)(C)C. The number of nitrogens with one attached hydrogen (secondary N) is 1. The van der Waals surface area contributed by atoms with E-state index >= 15 is 4.39 Å². The summed E-state index contributed by atoms with van der Waals surface area (Å²) < 4.78 is 73.2. The first-order valence-corrected chi connectivity index (χ1v) is 17.8. The van der Waals surface area contributed by atoms with E-state index in [9.17, 15) is 37.0 Å². The maximum Gasteiger partial charge on any atom is 0.408 e. The minimum absolute atomic E-state index is 0.0994. The number of rotatable bonds is 6. The summed E-state index contributed by atoms with van der Waals surface area (Å²) in [4.78, 5) is 40.6. The fourth-order valence-electron chi connectivity index (χ4n) is 6.82. The lowest BCUT2D eigenvalue weighted by atomic mass is 9.60. The van der Waals surface area contributed by atoms with Gasteiger partial charge in [-0.25, -0.2) is 46.1 Å². The highest BCUT2D eigenvalue weighted by atomic mass is 32.2. The Morgan fingerprint density at radius 1 is 1.00 bits per heavy atom. The Hall–Kier alpha value is -4.97. The van der Waals surface area contributed by atoms with E-state index in [0.717, 1.165) is 23.5 Å². The Balaban J connectivity index is 1.83. The van der Waals surface area contributed by atoms with E-state index in [2.05, 4.69) is 9.97 Å². The summed E-state index contributed by atoms with van der Waals surface area (Å²) >= 11 is 0.953. The number of aromatic nitrogens is 3. The number of hydrogen-bond acceptors (Lipinski definition) is 9. The van der Waals surface area contributed by atoms with Gasteiger partial charge in [-0.2, -0.15) is 0 Å². The zero-order valence-corrected chi connectivity index (χ0v) is 30.0. The lowest BCUT2D eigenvalue weighted by molar-refractivity contribution is -0.126. The van der Waals surface area contributed by atoms with Crippen LogP contribution in [0, 0.1) is 28.3 Å². The summed E-state index contributed by atoms with van der Waals surface area (Å²) in [7, 11) is -4.84. The minimum Gasteiger partial charge on any atom is -0.465 e. The topological polar surface area (TPSA) is 192 Å². The molecule has 1 fully saturated rings. The molecule has 1 saturated heterocycles. The second-order valence-corrected chi connectivity index (χ2v) is 16.7. The molecular weight excluding hydrogens is 712 g/mol. The molecule has 13 nitrogen and oxygen atoms in total. The van der Waals surface area contributed by atoms with Crippen molar-refractivity contribution in [3.8, 4) is 21.8 Å². The highest BCUT2D eigenvalue weighted by Crippen LogP contribution is 2.57. The van der Waals surface area contributed by atoms with Gasteiger partial charge < -0.3 is 20.8 Å². The standard InChI is InChI=1S/C33H36F3N7O6S2/c1-31(2,3)26-33(32(4,5)6,43(30(46)47)15-14-42(26)29(44)45)27-40-24(25(50-27)21-12-13-38-28(37)39-21)18-8-7-9-20(23(18)36)41-51(48,49)22-16-17(34)10-11-19(22)35/h7-13,16,26,41H,14-15H2,1-6H3,(H,44,45)(H,46,47)(H2,37,38,39). The quantitative estimate of drug-likeness (QED) is 0.165. The van der Waals surface area contributed by atoms with Gasteiger partial charge in [0.05, 0.1) is 28.0 Å². The Labute approximate surface area is 296 Å². The van der Waals surface area contributed by atoms with Crippen molar-refractivity contribution < 1.29 is 41.4 Å². The third-order valence-corrected chi connectivity index (χ3v) is 11.3. The van der Waals surface area contributed by atoms with Gasteiger partial charge in [0.1, 0.15) is 27.1 Å². The van der Waals surface area contributed by atoms with E-state index < -0.39 is 72.7 Å². The van der Waals surface area contributed by atoms with Gasteiger partial charge in [-0.1, -0.05) is 47.6 Å². The largest absolute Gasteiger partial charge is 0.465 e. The molecule has 2 atom stereocenters. The van der Waals surface area contributed by atoms with Crippen molar-refractivity contribution >= 4 is 45.2 Å². The molecule has 1 aliphatic rings. The zero-order chi connectivity index (χ0) is 37.8. The number of carbonyl (C=O) groups is 2. The summed E-state index contributed by atoms with van der Waals surface area (Å²) in [5.74, 6) is -3.59. The molecule has 5 rings (SSSR count). The van der Waals surface area contributed by atoms with Crippen LogP contribution in [0.5, 0.6) is 0 Å². The van der Waals surface area contributed by atoms with Crippen molar-refractivity contribution in [2.24, 2.45) is 10.8 Å². The predicted octanol–water partition coefficient (Wildman–Crippen LogP) is 6.70. The number of benzene rings is 2. The maximum atomic E-state index is 16.6. The molecule has 2 aromatic carbocycles. The highest BCUT2D eigenvalue weighted by Gasteiger charge is 2.65. The van der Waals surface area contributed by atoms with Crippen LogP contribution in [0.4, 0.5) is 34.4 Å². The third kappa shape index (κ3) is 6.53. The van der Waals surface area contributed by atoms with E-state index in [1.807, 2.05) is 4.72 Å². The summed E-state index contributed by atoms with van der Waals surface area (Å²) in [6, 6.07) is 5.95. The third-order valence-electron chi connectivity index (χ3n) is 8.68. The Kier molecular flexibility index (Phi) is 9.49. The first kappa shape index (κ1) is 37.3. The van der Waals surface area contributed by atoms with E-state index in [1.165, 1.54) is 34.2 Å². The van der Waals surface area contributed by atoms with E-state index in [4.69, 9.17) is 10.7 Å². The molecule has 272 valence electrons. The van der Waals surface area contributed by atoms with Gasteiger partial charge in [-0.3, -0.25) is 9.62 Å². The van der Waals surface area contributed by atoms with Crippen molar-refractivity contribution in [1.29, 1.82) is 0 Å². The average Bonchev–Trinajstić information content (AvgIpc) is 3.46. The first-order valence-electron chi connectivity index (χ1n) is 15.5. The van der Waals surface area contributed by atoms with Gasteiger partial charge in [0, 0.05) is 24.8 Å². The second-order valence-electron chi connectivity index (χ2n) is 14.0. The fourth-order valence-corrected chi connectivity index (χ4v) is 9.45. The minimum atomic E-state index is -4.84. The number of anilines is 2. The monoisotopic (exact) mass is 747 g/mol. The molecule has 0 radical (unpaired) electrons. The van der Waals surface area contributed by atoms with Crippen LogP contribution < -0.4 is 10.5 Å². The van der Waals surface area contributed by atoms with E-state index in [-0.39, 0.29) is 45.9 Å². The lowest BCUT2D eigenvalue weighted by Crippen LogP contribution is -2.75. The molecule has 1 aliphatic heterocycles. The van der Waals surface area contributed by atoms with Gasteiger partial charge in [-0.05, 0) is 47.2 Å². The number of hydrogen-bond donors (Lipinski definition) is 4. The van der Waals surface area contributed by atoms with Crippen LogP contribution in [0.25, 0.3) is 21.8 Å².